The van der Waals surface area contributed by atoms with E-state index in [1.807, 2.05) is 30.3 Å². The van der Waals surface area contributed by atoms with E-state index in [0.717, 1.165) is 17.0 Å². The number of nitrogens with two attached hydrogens (primary N) is 1. The Balaban J connectivity index is 1.90. The number of hydrogen-bond donors (Lipinski definition) is 2. The van der Waals surface area contributed by atoms with E-state index < -0.39 is 11.9 Å². The fourth-order valence-electron chi connectivity index (χ4n) is 1.85. The molecule has 8 heteroatoms. The first-order valence-corrected chi connectivity index (χ1v) is 7.71. The minimum Gasteiger partial charge on any atom is -0.403 e. The summed E-state index contributed by atoms with van der Waals surface area (Å²) in [4.78, 5) is 31.6. The van der Waals surface area contributed by atoms with Crippen molar-refractivity contribution in [1.29, 1.82) is 0 Å². The number of pyridine rings is 1. The van der Waals surface area contributed by atoms with E-state index in [0.29, 0.717) is 5.00 Å². The van der Waals surface area contributed by atoms with Crippen molar-refractivity contribution < 1.29 is 14.3 Å². The number of benzene rings is 1. The molecule has 0 unspecified atom stereocenters. The van der Waals surface area contributed by atoms with Crippen molar-refractivity contribution in [3.8, 4) is 5.88 Å². The molecule has 1 aromatic carbocycles. The Morgan fingerprint density at radius 2 is 1.83 bits per heavy atom. The summed E-state index contributed by atoms with van der Waals surface area (Å²) in [5.74, 6) is -1.30. The molecule has 0 atom stereocenters. The highest BCUT2D eigenvalue weighted by atomic mass is 32.1. The van der Waals surface area contributed by atoms with E-state index in [2.05, 4.69) is 15.3 Å². The molecule has 0 saturated heterocycles. The number of esters is 1. The van der Waals surface area contributed by atoms with E-state index >= 15 is 0 Å². The fourth-order valence-corrected chi connectivity index (χ4v) is 2.68. The maximum Gasteiger partial charge on any atom is 0.366 e. The van der Waals surface area contributed by atoms with Gasteiger partial charge in [0.05, 0.1) is 0 Å². The van der Waals surface area contributed by atoms with Gasteiger partial charge in [-0.15, -0.1) is 0 Å². The summed E-state index contributed by atoms with van der Waals surface area (Å²) in [5, 5.41) is 3.43. The lowest BCUT2D eigenvalue weighted by Crippen LogP contribution is -2.14. The lowest BCUT2D eigenvalue weighted by atomic mass is 10.3. The predicted molar refractivity (Wildman–Crippen MR) is 89.6 cm³/mol. The molecule has 24 heavy (non-hydrogen) atoms. The van der Waals surface area contributed by atoms with E-state index in [1.165, 1.54) is 6.20 Å². The van der Waals surface area contributed by atoms with Gasteiger partial charge >= 0.3 is 5.97 Å². The van der Waals surface area contributed by atoms with Crippen molar-refractivity contribution in [3.05, 3.63) is 65.4 Å². The first kappa shape index (κ1) is 15.6. The highest BCUT2D eigenvalue weighted by Crippen LogP contribution is 2.28. The largest absolute Gasteiger partial charge is 0.403 e. The van der Waals surface area contributed by atoms with Crippen molar-refractivity contribution in [2.45, 2.75) is 0 Å². The Morgan fingerprint density at radius 1 is 1.08 bits per heavy atom. The lowest BCUT2D eigenvalue weighted by Gasteiger charge is -2.05. The number of aromatic nitrogens is 2. The summed E-state index contributed by atoms with van der Waals surface area (Å²) < 4.78 is 5.17. The molecule has 3 N–H and O–H groups in total. The van der Waals surface area contributed by atoms with Crippen LogP contribution in [0.2, 0.25) is 0 Å². The van der Waals surface area contributed by atoms with Gasteiger partial charge < -0.3 is 15.8 Å². The van der Waals surface area contributed by atoms with Crippen molar-refractivity contribution >= 4 is 33.9 Å². The van der Waals surface area contributed by atoms with Crippen LogP contribution in [-0.2, 0) is 0 Å². The number of thiazole rings is 1. The molecule has 0 spiro atoms. The smallest absolute Gasteiger partial charge is 0.366 e. The van der Waals surface area contributed by atoms with Gasteiger partial charge in [-0.3, -0.25) is 4.79 Å². The standard InChI is InChI=1S/C16H12N4O3S/c17-13(21)15-20-12(16(22)23-11-8-4-5-9-18-11)14(24-15)19-10-6-2-1-3-7-10/h1-9,19H,(H2,17,21). The summed E-state index contributed by atoms with van der Waals surface area (Å²) in [5.41, 5.74) is 5.97. The second-order valence-electron chi connectivity index (χ2n) is 4.61. The molecular formula is C16H12N4O3S. The molecular weight excluding hydrogens is 328 g/mol. The zero-order chi connectivity index (χ0) is 16.9. The number of para-hydroxylation sites is 1. The van der Waals surface area contributed by atoms with Gasteiger partial charge in [-0.05, 0) is 18.2 Å². The van der Waals surface area contributed by atoms with Crippen molar-refractivity contribution in [2.24, 2.45) is 5.73 Å². The van der Waals surface area contributed by atoms with Crippen LogP contribution in [0.4, 0.5) is 10.7 Å². The number of primary amides is 1. The van der Waals surface area contributed by atoms with Gasteiger partial charge in [-0.2, -0.15) is 0 Å². The first-order chi connectivity index (χ1) is 11.6. The number of hydrogen-bond acceptors (Lipinski definition) is 7. The quantitative estimate of drug-likeness (QED) is 0.691. The number of anilines is 2. The second kappa shape index (κ2) is 6.88. The molecule has 120 valence electrons. The molecule has 7 nitrogen and oxygen atoms in total. The Morgan fingerprint density at radius 3 is 2.50 bits per heavy atom. The number of ether oxygens (including phenoxy) is 1. The third-order valence-corrected chi connectivity index (χ3v) is 3.88. The Labute approximate surface area is 141 Å². The minimum atomic E-state index is -0.726. The van der Waals surface area contributed by atoms with E-state index in [1.54, 1.807) is 18.2 Å². The predicted octanol–water partition coefficient (Wildman–Crippen LogP) is 2.60. The van der Waals surface area contributed by atoms with Crippen LogP contribution in [-0.4, -0.2) is 21.8 Å². The van der Waals surface area contributed by atoms with E-state index in [9.17, 15) is 9.59 Å². The van der Waals surface area contributed by atoms with Gasteiger partial charge in [0, 0.05) is 18.0 Å². The van der Waals surface area contributed by atoms with Crippen molar-refractivity contribution in [1.82, 2.24) is 9.97 Å². The number of carbonyl (C=O) groups is 2. The maximum atomic E-state index is 12.4. The molecule has 0 aliphatic rings. The van der Waals surface area contributed by atoms with Crippen molar-refractivity contribution in [3.63, 3.8) is 0 Å². The molecule has 0 radical (unpaired) electrons. The SMILES string of the molecule is NC(=O)c1nc(C(=O)Oc2ccccn2)c(Nc2ccccc2)s1. The van der Waals surface area contributed by atoms with Gasteiger partial charge in [-0.1, -0.05) is 35.6 Å². The van der Waals surface area contributed by atoms with Gasteiger partial charge in [0.1, 0.15) is 5.00 Å². The third-order valence-electron chi connectivity index (χ3n) is 2.90. The zero-order valence-corrected chi connectivity index (χ0v) is 13.1. The normalized spacial score (nSPS) is 10.2. The van der Waals surface area contributed by atoms with Gasteiger partial charge in [0.2, 0.25) is 5.88 Å². The topological polar surface area (TPSA) is 107 Å². The summed E-state index contributed by atoms with van der Waals surface area (Å²) in [6, 6.07) is 14.1. The molecule has 0 fully saturated rings. The summed E-state index contributed by atoms with van der Waals surface area (Å²) in [6.07, 6.45) is 1.50. The number of carbonyl (C=O) groups excluding carboxylic acids is 2. The minimum absolute atomic E-state index is 0.0152. The summed E-state index contributed by atoms with van der Waals surface area (Å²) >= 11 is 0.983. The van der Waals surface area contributed by atoms with E-state index in [4.69, 9.17) is 10.5 Å². The van der Waals surface area contributed by atoms with Crippen LogP contribution in [0, 0.1) is 0 Å². The molecule has 2 aromatic heterocycles. The lowest BCUT2D eigenvalue weighted by molar-refractivity contribution is 0.0723. The first-order valence-electron chi connectivity index (χ1n) is 6.89. The second-order valence-corrected chi connectivity index (χ2v) is 5.61. The number of amides is 1. The number of nitrogens with one attached hydrogen (secondary N) is 1. The third kappa shape index (κ3) is 3.55. The van der Waals surface area contributed by atoms with Gasteiger partial charge in [0.15, 0.2) is 10.7 Å². The average Bonchev–Trinajstić information content (AvgIpc) is 3.01. The van der Waals surface area contributed by atoms with E-state index in [-0.39, 0.29) is 16.6 Å². The van der Waals surface area contributed by atoms with Crippen LogP contribution in [0.3, 0.4) is 0 Å². The Kier molecular flexibility index (Phi) is 4.48. The molecule has 3 aromatic rings. The van der Waals surface area contributed by atoms with Crippen LogP contribution >= 0.6 is 11.3 Å². The average molecular weight is 340 g/mol. The highest BCUT2D eigenvalue weighted by Gasteiger charge is 2.23. The summed E-state index contributed by atoms with van der Waals surface area (Å²) in [7, 11) is 0. The molecule has 3 rings (SSSR count). The molecule has 0 bridgehead atoms. The number of nitrogens with zero attached hydrogens (tertiary/aromatic N) is 2. The highest BCUT2D eigenvalue weighted by molar-refractivity contribution is 7.18. The van der Waals surface area contributed by atoms with Crippen molar-refractivity contribution in [2.75, 3.05) is 5.32 Å². The summed E-state index contributed by atoms with van der Waals surface area (Å²) in [6.45, 7) is 0. The van der Waals surface area contributed by atoms with Gasteiger partial charge in [-0.25, -0.2) is 14.8 Å². The van der Waals surface area contributed by atoms with Crippen LogP contribution in [0.25, 0.3) is 0 Å². The monoisotopic (exact) mass is 340 g/mol. The van der Waals surface area contributed by atoms with Crippen LogP contribution in [0.1, 0.15) is 20.3 Å². The molecule has 0 saturated carbocycles. The van der Waals surface area contributed by atoms with Crippen LogP contribution in [0.5, 0.6) is 5.88 Å². The molecule has 0 aliphatic carbocycles. The van der Waals surface area contributed by atoms with Gasteiger partial charge in [0.25, 0.3) is 5.91 Å². The Bertz CT molecular complexity index is 866. The van der Waals surface area contributed by atoms with Crippen LogP contribution < -0.4 is 15.8 Å². The Hall–Kier alpha value is -3.26. The molecule has 0 aliphatic heterocycles. The molecule has 2 heterocycles. The maximum absolute atomic E-state index is 12.4. The zero-order valence-electron chi connectivity index (χ0n) is 12.3. The molecule has 1 amide bonds. The fraction of sp³-hybridized carbons (Fsp3) is 0. The van der Waals surface area contributed by atoms with Crippen LogP contribution in [0.15, 0.2) is 54.7 Å². The number of rotatable bonds is 5.